The average Bonchev–Trinajstić information content (AvgIpc) is 3.45. The fourth-order valence-electron chi connectivity index (χ4n) is 2.55. The first kappa shape index (κ1) is 20.4. The van der Waals surface area contributed by atoms with Crippen molar-refractivity contribution in [3.05, 3.63) is 40.5 Å². The molecule has 0 saturated heterocycles. The van der Waals surface area contributed by atoms with E-state index in [-0.39, 0.29) is 4.90 Å². The maximum Gasteiger partial charge on any atom is 0.243 e. The van der Waals surface area contributed by atoms with Gasteiger partial charge in [0.05, 0.1) is 24.8 Å². The second kappa shape index (κ2) is 7.95. The van der Waals surface area contributed by atoms with Crippen LogP contribution in [0.2, 0.25) is 0 Å². The van der Waals surface area contributed by atoms with Gasteiger partial charge in [-0.05, 0) is 52.5 Å². The van der Waals surface area contributed by atoms with Crippen LogP contribution in [-0.2, 0) is 16.6 Å². The van der Waals surface area contributed by atoms with Gasteiger partial charge in [0.25, 0.3) is 0 Å². The Bertz CT molecular complexity index is 1030. The molecule has 1 fully saturated rings. The highest BCUT2D eigenvalue weighted by atomic mass is 79.9. The summed E-state index contributed by atoms with van der Waals surface area (Å²) in [6.07, 6.45) is 2.29. The lowest BCUT2D eigenvalue weighted by Gasteiger charge is -2.13. The molecule has 0 unspecified atom stereocenters. The van der Waals surface area contributed by atoms with Crippen molar-refractivity contribution >= 4 is 31.8 Å². The number of aromatic nitrogens is 1. The number of anilines is 1. The van der Waals surface area contributed by atoms with E-state index in [1.54, 1.807) is 14.2 Å². The summed E-state index contributed by atoms with van der Waals surface area (Å²) >= 11 is 3.35. The molecule has 0 radical (unpaired) electrons. The highest BCUT2D eigenvalue weighted by molar-refractivity contribution is 9.10. The topological polar surface area (TPSA) is 113 Å². The van der Waals surface area contributed by atoms with Crippen LogP contribution in [0.25, 0.3) is 0 Å². The van der Waals surface area contributed by atoms with Crippen LogP contribution in [0.1, 0.15) is 18.4 Å². The quantitative estimate of drug-likeness (QED) is 0.614. The lowest BCUT2D eigenvalue weighted by molar-refractivity contribution is 0.354. The molecule has 0 amide bonds. The van der Waals surface area contributed by atoms with Gasteiger partial charge in [0.1, 0.15) is 16.3 Å². The van der Waals surface area contributed by atoms with Crippen LogP contribution in [0, 0.1) is 11.3 Å². The monoisotopic (exact) mass is 466 g/mol. The zero-order valence-corrected chi connectivity index (χ0v) is 17.7. The van der Waals surface area contributed by atoms with Crippen molar-refractivity contribution in [1.29, 1.82) is 5.26 Å². The Labute approximate surface area is 172 Å². The van der Waals surface area contributed by atoms with Crippen molar-refractivity contribution < 1.29 is 17.9 Å². The minimum atomic E-state index is -3.81. The van der Waals surface area contributed by atoms with Crippen molar-refractivity contribution in [3.63, 3.8) is 0 Å². The van der Waals surface area contributed by atoms with Gasteiger partial charge in [-0.1, -0.05) is 6.07 Å². The van der Waals surface area contributed by atoms with Crippen molar-refractivity contribution in [2.45, 2.75) is 29.8 Å². The van der Waals surface area contributed by atoms with Gasteiger partial charge in [-0.15, -0.1) is 0 Å². The van der Waals surface area contributed by atoms with Crippen LogP contribution < -0.4 is 19.5 Å². The summed E-state index contributed by atoms with van der Waals surface area (Å²) in [5.74, 6) is 1.75. The molecule has 2 N–H and O–H groups in total. The predicted molar refractivity (Wildman–Crippen MR) is 107 cm³/mol. The van der Waals surface area contributed by atoms with E-state index < -0.39 is 15.6 Å². The number of pyridine rings is 1. The van der Waals surface area contributed by atoms with Gasteiger partial charge in [-0.2, -0.15) is 9.98 Å². The molecular weight excluding hydrogens is 448 g/mol. The minimum Gasteiger partial charge on any atom is -0.493 e. The van der Waals surface area contributed by atoms with Crippen molar-refractivity contribution in [2.24, 2.45) is 0 Å². The molecule has 8 nitrogen and oxygen atoms in total. The summed E-state index contributed by atoms with van der Waals surface area (Å²) in [4.78, 5) is 4.19. The summed E-state index contributed by atoms with van der Waals surface area (Å²) in [5.41, 5.74) is -0.0373. The van der Waals surface area contributed by atoms with Crippen LogP contribution in [0.5, 0.6) is 11.5 Å². The molecule has 1 heterocycles. The number of halogens is 1. The summed E-state index contributed by atoms with van der Waals surface area (Å²) in [7, 11) is -0.674. The van der Waals surface area contributed by atoms with Gasteiger partial charge >= 0.3 is 0 Å². The van der Waals surface area contributed by atoms with E-state index in [0.29, 0.717) is 41.2 Å². The molecule has 0 bridgehead atoms. The third-order valence-corrected chi connectivity index (χ3v) is 6.44. The number of hydrogen-bond donors (Lipinski definition) is 2. The molecular formula is C18H19BrN4O4S. The zero-order chi connectivity index (χ0) is 20.4. The Hall–Kier alpha value is -2.35. The largest absolute Gasteiger partial charge is 0.493 e. The molecule has 1 aromatic heterocycles. The molecule has 1 aromatic carbocycles. The SMILES string of the molecule is COc1ccc(CNc2ncc(S(=O)(=O)NC3(C#N)CC3)cc2Br)cc1OC. The van der Waals surface area contributed by atoms with E-state index in [9.17, 15) is 8.42 Å². The third-order valence-electron chi connectivity index (χ3n) is 4.33. The normalized spacial score (nSPS) is 14.8. The van der Waals surface area contributed by atoms with E-state index in [1.807, 2.05) is 24.3 Å². The number of benzene rings is 1. The molecule has 0 aliphatic heterocycles. The third kappa shape index (κ3) is 4.38. The van der Waals surface area contributed by atoms with E-state index in [1.165, 1.54) is 12.3 Å². The molecule has 1 aliphatic rings. The highest BCUT2D eigenvalue weighted by Gasteiger charge is 2.46. The Morgan fingerprint density at radius 1 is 1.25 bits per heavy atom. The minimum absolute atomic E-state index is 0.00225. The van der Waals surface area contributed by atoms with E-state index >= 15 is 0 Å². The number of hydrogen-bond acceptors (Lipinski definition) is 7. The summed E-state index contributed by atoms with van der Waals surface area (Å²) in [5, 5.41) is 12.2. The maximum absolute atomic E-state index is 12.5. The number of methoxy groups -OCH3 is 2. The molecule has 28 heavy (non-hydrogen) atoms. The highest BCUT2D eigenvalue weighted by Crippen LogP contribution is 2.36. The molecule has 2 aromatic rings. The number of nitrogens with one attached hydrogen (secondary N) is 2. The molecule has 148 valence electrons. The van der Waals surface area contributed by atoms with Gasteiger partial charge < -0.3 is 14.8 Å². The number of sulfonamides is 1. The summed E-state index contributed by atoms with van der Waals surface area (Å²) in [6, 6.07) is 9.01. The Morgan fingerprint density at radius 3 is 2.54 bits per heavy atom. The zero-order valence-electron chi connectivity index (χ0n) is 15.3. The van der Waals surface area contributed by atoms with Crippen LogP contribution in [-0.4, -0.2) is 33.2 Å². The second-order valence-corrected chi connectivity index (χ2v) is 8.88. The van der Waals surface area contributed by atoms with Gasteiger partial charge in [0.2, 0.25) is 10.0 Å². The number of rotatable bonds is 8. The standard InChI is InChI=1S/C18H19BrN4O4S/c1-26-15-4-3-12(7-16(15)27-2)9-21-17-14(19)8-13(10-22-17)28(24,25)23-18(11-20)5-6-18/h3-4,7-8,10,23H,5-6,9H2,1-2H3,(H,21,22). The maximum atomic E-state index is 12.5. The summed E-state index contributed by atoms with van der Waals surface area (Å²) < 4.78 is 38.3. The lowest BCUT2D eigenvalue weighted by Crippen LogP contribution is -2.35. The molecule has 0 atom stereocenters. The Kier molecular flexibility index (Phi) is 5.79. The first-order chi connectivity index (χ1) is 13.3. The Balaban J connectivity index is 1.72. The van der Waals surface area contributed by atoms with E-state index in [4.69, 9.17) is 14.7 Å². The van der Waals surface area contributed by atoms with E-state index in [2.05, 4.69) is 31.0 Å². The van der Waals surface area contributed by atoms with Gasteiger partial charge in [-0.25, -0.2) is 13.4 Å². The van der Waals surface area contributed by atoms with Crippen LogP contribution in [0.4, 0.5) is 5.82 Å². The van der Waals surface area contributed by atoms with Crippen molar-refractivity contribution in [2.75, 3.05) is 19.5 Å². The fraction of sp³-hybridized carbons (Fsp3) is 0.333. The van der Waals surface area contributed by atoms with Gasteiger partial charge in [-0.3, -0.25) is 0 Å². The van der Waals surface area contributed by atoms with Crippen LogP contribution in [0.15, 0.2) is 39.8 Å². The number of ether oxygens (including phenoxy) is 2. The fourth-order valence-corrected chi connectivity index (χ4v) is 4.54. The van der Waals surface area contributed by atoms with Crippen molar-refractivity contribution in [1.82, 2.24) is 9.71 Å². The van der Waals surface area contributed by atoms with Crippen molar-refractivity contribution in [3.8, 4) is 17.6 Å². The predicted octanol–water partition coefficient (Wildman–Crippen LogP) is 2.81. The molecule has 1 saturated carbocycles. The Morgan fingerprint density at radius 2 is 1.96 bits per heavy atom. The van der Waals surface area contributed by atoms with Crippen LogP contribution in [0.3, 0.4) is 0 Å². The van der Waals surface area contributed by atoms with Crippen LogP contribution >= 0.6 is 15.9 Å². The van der Waals surface area contributed by atoms with E-state index in [0.717, 1.165) is 5.56 Å². The smallest absolute Gasteiger partial charge is 0.243 e. The summed E-state index contributed by atoms with van der Waals surface area (Å²) in [6.45, 7) is 0.452. The lowest BCUT2D eigenvalue weighted by atomic mass is 10.2. The van der Waals surface area contributed by atoms with Gasteiger partial charge in [0, 0.05) is 12.7 Å². The molecule has 10 heteroatoms. The number of nitrogens with zero attached hydrogens (tertiary/aromatic N) is 2. The number of nitriles is 1. The first-order valence-electron chi connectivity index (χ1n) is 8.38. The molecule has 3 rings (SSSR count). The first-order valence-corrected chi connectivity index (χ1v) is 10.7. The molecule has 1 aliphatic carbocycles. The van der Waals surface area contributed by atoms with Gasteiger partial charge in [0.15, 0.2) is 11.5 Å². The average molecular weight is 467 g/mol. The second-order valence-electron chi connectivity index (χ2n) is 6.34. The molecule has 0 spiro atoms.